The Balaban J connectivity index is 1.93. The van der Waals surface area contributed by atoms with Crippen molar-refractivity contribution in [1.29, 1.82) is 0 Å². The monoisotopic (exact) mass is 350 g/mol. The summed E-state index contributed by atoms with van der Waals surface area (Å²) in [6.07, 6.45) is -1.43. The number of carbonyl (C=O) groups is 3. The molecule has 0 aromatic heterocycles. The maximum Gasteiger partial charge on any atom is 0.407 e. The van der Waals surface area contributed by atoms with Crippen LogP contribution < -0.4 is 5.32 Å². The molecule has 1 aliphatic heterocycles. The Kier molecular flexibility index (Phi) is 6.62. The summed E-state index contributed by atoms with van der Waals surface area (Å²) in [7, 11) is 0. The molecule has 1 aliphatic rings. The number of piperidine rings is 1. The van der Waals surface area contributed by atoms with Crippen molar-refractivity contribution in [3.8, 4) is 0 Å². The number of rotatable bonds is 5. The van der Waals surface area contributed by atoms with Crippen molar-refractivity contribution in [1.82, 2.24) is 10.2 Å². The van der Waals surface area contributed by atoms with E-state index in [0.29, 0.717) is 6.42 Å². The number of nitrogens with one attached hydrogen (secondary N) is 1. The van der Waals surface area contributed by atoms with Crippen LogP contribution in [0.25, 0.3) is 0 Å². The molecule has 0 saturated carbocycles. The third-order valence-corrected chi connectivity index (χ3v) is 3.99. The zero-order valence-corrected chi connectivity index (χ0v) is 14.0. The van der Waals surface area contributed by atoms with E-state index in [0.717, 1.165) is 10.5 Å². The summed E-state index contributed by atoms with van der Waals surface area (Å²) in [5.41, 5.74) is 0.847. The van der Waals surface area contributed by atoms with Crippen LogP contribution in [0.4, 0.5) is 9.59 Å². The highest BCUT2D eigenvalue weighted by molar-refractivity contribution is 5.77. The first-order chi connectivity index (χ1) is 12.0. The number of esters is 1. The molecular weight excluding hydrogens is 328 g/mol. The summed E-state index contributed by atoms with van der Waals surface area (Å²) in [6.45, 7) is 2.19. The molecule has 0 aliphatic carbocycles. The molecule has 2 atom stereocenters. The topological polar surface area (TPSA) is 105 Å². The summed E-state index contributed by atoms with van der Waals surface area (Å²) in [5, 5.41) is 11.8. The van der Waals surface area contributed by atoms with Gasteiger partial charge in [0.1, 0.15) is 6.61 Å². The first-order valence-corrected chi connectivity index (χ1v) is 8.13. The summed E-state index contributed by atoms with van der Waals surface area (Å²) in [5.74, 6) is -1.28. The normalized spacial score (nSPS) is 19.8. The van der Waals surface area contributed by atoms with Gasteiger partial charge in [0, 0.05) is 19.1 Å². The van der Waals surface area contributed by atoms with Crippen molar-refractivity contribution in [2.75, 3.05) is 19.7 Å². The molecule has 0 bridgehead atoms. The number of alkyl carbamates (subject to hydrolysis) is 1. The Hall–Kier alpha value is -2.77. The van der Waals surface area contributed by atoms with Gasteiger partial charge in [0.2, 0.25) is 0 Å². The molecule has 25 heavy (non-hydrogen) atoms. The van der Waals surface area contributed by atoms with Gasteiger partial charge in [0.25, 0.3) is 0 Å². The summed E-state index contributed by atoms with van der Waals surface area (Å²) in [6, 6.07) is 8.69. The van der Waals surface area contributed by atoms with Crippen LogP contribution in [0.3, 0.4) is 0 Å². The molecule has 0 radical (unpaired) electrons. The van der Waals surface area contributed by atoms with E-state index in [1.807, 2.05) is 30.3 Å². The van der Waals surface area contributed by atoms with Gasteiger partial charge in [-0.1, -0.05) is 30.3 Å². The fourth-order valence-corrected chi connectivity index (χ4v) is 2.70. The number of ether oxygens (including phenoxy) is 2. The Morgan fingerprint density at radius 2 is 1.96 bits per heavy atom. The number of carboxylic acid groups (broad SMARTS) is 1. The molecule has 8 heteroatoms. The van der Waals surface area contributed by atoms with Crippen molar-refractivity contribution in [2.45, 2.75) is 26.0 Å². The summed E-state index contributed by atoms with van der Waals surface area (Å²) < 4.78 is 10.2. The van der Waals surface area contributed by atoms with Gasteiger partial charge in [-0.3, -0.25) is 4.79 Å². The molecule has 2 N–H and O–H groups in total. The van der Waals surface area contributed by atoms with E-state index in [4.69, 9.17) is 14.6 Å². The fourth-order valence-electron chi connectivity index (χ4n) is 2.70. The Morgan fingerprint density at radius 1 is 1.24 bits per heavy atom. The van der Waals surface area contributed by atoms with Crippen molar-refractivity contribution in [3.05, 3.63) is 35.9 Å². The van der Waals surface area contributed by atoms with Crippen molar-refractivity contribution in [2.24, 2.45) is 5.92 Å². The second kappa shape index (κ2) is 8.91. The largest absolute Gasteiger partial charge is 0.466 e. The van der Waals surface area contributed by atoms with Crippen LogP contribution in [-0.4, -0.2) is 53.9 Å². The molecule has 8 nitrogen and oxygen atoms in total. The van der Waals surface area contributed by atoms with E-state index in [-0.39, 0.29) is 26.3 Å². The van der Waals surface area contributed by atoms with Crippen LogP contribution in [0.15, 0.2) is 30.3 Å². The molecule has 136 valence electrons. The third kappa shape index (κ3) is 5.37. The number of amides is 2. The summed E-state index contributed by atoms with van der Waals surface area (Å²) in [4.78, 5) is 36.4. The van der Waals surface area contributed by atoms with Gasteiger partial charge in [-0.2, -0.15) is 0 Å². The Bertz CT molecular complexity index is 606. The van der Waals surface area contributed by atoms with Crippen LogP contribution in [-0.2, 0) is 20.9 Å². The highest BCUT2D eigenvalue weighted by Crippen LogP contribution is 2.19. The van der Waals surface area contributed by atoms with Gasteiger partial charge in [0.05, 0.1) is 12.5 Å². The number of nitrogens with zero attached hydrogens (tertiary/aromatic N) is 1. The van der Waals surface area contributed by atoms with E-state index < -0.39 is 30.1 Å². The lowest BCUT2D eigenvalue weighted by Gasteiger charge is -2.35. The van der Waals surface area contributed by atoms with Crippen LogP contribution in [0.1, 0.15) is 18.9 Å². The number of hydrogen-bond donors (Lipinski definition) is 2. The van der Waals surface area contributed by atoms with Gasteiger partial charge in [-0.05, 0) is 18.9 Å². The maximum atomic E-state index is 12.1. The second-order valence-corrected chi connectivity index (χ2v) is 5.69. The van der Waals surface area contributed by atoms with E-state index in [1.54, 1.807) is 6.92 Å². The van der Waals surface area contributed by atoms with E-state index in [1.165, 1.54) is 0 Å². The standard InChI is InChI=1S/C17H22N2O6/c1-2-24-15(20)13-10-19(17(22)23)9-8-14(13)18-16(21)25-11-12-6-4-3-5-7-12/h3-7,13-14H,2,8-11H2,1H3,(H,18,21)(H,22,23)/t13-,14+/m0/s1. The lowest BCUT2D eigenvalue weighted by molar-refractivity contribution is -0.150. The lowest BCUT2D eigenvalue weighted by atomic mass is 9.92. The number of likely N-dealkylation sites (tertiary alicyclic amines) is 1. The maximum absolute atomic E-state index is 12.1. The molecule has 1 aromatic carbocycles. The third-order valence-electron chi connectivity index (χ3n) is 3.99. The number of hydrogen-bond acceptors (Lipinski definition) is 5. The van der Waals surface area contributed by atoms with E-state index in [2.05, 4.69) is 5.32 Å². The highest BCUT2D eigenvalue weighted by Gasteiger charge is 2.38. The fraction of sp³-hybridized carbons (Fsp3) is 0.471. The molecule has 1 fully saturated rings. The molecule has 1 aromatic rings. The predicted molar refractivity (Wildman–Crippen MR) is 87.9 cm³/mol. The van der Waals surface area contributed by atoms with Crippen LogP contribution in [0, 0.1) is 5.92 Å². The predicted octanol–water partition coefficient (Wildman–Crippen LogP) is 1.84. The molecule has 1 saturated heterocycles. The minimum atomic E-state index is -1.10. The zero-order chi connectivity index (χ0) is 18.2. The molecule has 2 amide bonds. The van der Waals surface area contributed by atoms with Gasteiger partial charge < -0.3 is 24.8 Å². The molecule has 2 rings (SSSR count). The SMILES string of the molecule is CCOC(=O)[C@H]1CN(C(=O)O)CC[C@H]1NC(=O)OCc1ccccc1. The number of benzene rings is 1. The molecule has 0 spiro atoms. The van der Waals surface area contributed by atoms with Crippen molar-refractivity contribution < 1.29 is 29.0 Å². The zero-order valence-electron chi connectivity index (χ0n) is 14.0. The van der Waals surface area contributed by atoms with Gasteiger partial charge in [0.15, 0.2) is 0 Å². The van der Waals surface area contributed by atoms with Gasteiger partial charge in [-0.15, -0.1) is 0 Å². The first kappa shape index (κ1) is 18.6. The average Bonchev–Trinajstić information content (AvgIpc) is 2.61. The number of carbonyl (C=O) groups excluding carboxylic acids is 2. The van der Waals surface area contributed by atoms with Gasteiger partial charge in [-0.25, -0.2) is 9.59 Å². The quantitative estimate of drug-likeness (QED) is 0.785. The van der Waals surface area contributed by atoms with Crippen LogP contribution in [0.2, 0.25) is 0 Å². The molecule has 1 heterocycles. The minimum absolute atomic E-state index is 0.0161. The molecular formula is C17H22N2O6. The smallest absolute Gasteiger partial charge is 0.407 e. The van der Waals surface area contributed by atoms with E-state index >= 15 is 0 Å². The second-order valence-electron chi connectivity index (χ2n) is 5.69. The molecule has 0 unspecified atom stereocenters. The minimum Gasteiger partial charge on any atom is -0.466 e. The summed E-state index contributed by atoms with van der Waals surface area (Å²) >= 11 is 0. The van der Waals surface area contributed by atoms with Crippen molar-refractivity contribution >= 4 is 18.2 Å². The average molecular weight is 350 g/mol. The van der Waals surface area contributed by atoms with Crippen molar-refractivity contribution in [3.63, 3.8) is 0 Å². The van der Waals surface area contributed by atoms with Crippen LogP contribution >= 0.6 is 0 Å². The van der Waals surface area contributed by atoms with E-state index in [9.17, 15) is 14.4 Å². The lowest BCUT2D eigenvalue weighted by Crippen LogP contribution is -2.55. The Labute approximate surface area is 145 Å². The Morgan fingerprint density at radius 3 is 2.60 bits per heavy atom. The van der Waals surface area contributed by atoms with Gasteiger partial charge >= 0.3 is 18.2 Å². The van der Waals surface area contributed by atoms with Crippen LogP contribution in [0.5, 0.6) is 0 Å². The first-order valence-electron chi connectivity index (χ1n) is 8.13. The highest BCUT2D eigenvalue weighted by atomic mass is 16.5.